The van der Waals surface area contributed by atoms with Crippen molar-refractivity contribution in [2.45, 2.75) is 13.8 Å². The highest BCUT2D eigenvalue weighted by molar-refractivity contribution is 6.06. The van der Waals surface area contributed by atoms with Gasteiger partial charge >= 0.3 is 5.97 Å². The molecule has 0 saturated heterocycles. The van der Waals surface area contributed by atoms with E-state index in [0.717, 1.165) is 24.7 Å². The number of nitrogens with zero attached hydrogens (tertiary/aromatic N) is 1. The summed E-state index contributed by atoms with van der Waals surface area (Å²) >= 11 is 0. The lowest BCUT2D eigenvalue weighted by Gasteiger charge is -2.20. The normalized spacial score (nSPS) is 10.5. The van der Waals surface area contributed by atoms with Gasteiger partial charge in [0.2, 0.25) is 0 Å². The molecule has 0 aliphatic rings. The van der Waals surface area contributed by atoms with Gasteiger partial charge in [0.15, 0.2) is 5.78 Å². The fourth-order valence-electron chi connectivity index (χ4n) is 2.50. The molecule has 0 saturated carbocycles. The Morgan fingerprint density at radius 3 is 2.15 bits per heavy atom. The van der Waals surface area contributed by atoms with Gasteiger partial charge < -0.3 is 9.64 Å². The Bertz CT molecular complexity index is 785. The molecule has 0 bridgehead atoms. The van der Waals surface area contributed by atoms with Crippen molar-refractivity contribution < 1.29 is 14.3 Å². The summed E-state index contributed by atoms with van der Waals surface area (Å²) in [7, 11) is 0. The van der Waals surface area contributed by atoms with Crippen LogP contribution in [0.3, 0.4) is 0 Å². The molecule has 0 aliphatic heterocycles. The van der Waals surface area contributed by atoms with Crippen LogP contribution in [0, 0.1) is 0 Å². The molecule has 0 atom stereocenters. The van der Waals surface area contributed by atoms with Crippen molar-refractivity contribution in [2.24, 2.45) is 0 Å². The van der Waals surface area contributed by atoms with E-state index in [9.17, 15) is 9.59 Å². The predicted molar refractivity (Wildman–Crippen MR) is 106 cm³/mol. The summed E-state index contributed by atoms with van der Waals surface area (Å²) in [4.78, 5) is 25.7. The molecule has 0 aliphatic carbocycles. The molecule has 4 nitrogen and oxygen atoms in total. The van der Waals surface area contributed by atoms with E-state index in [-0.39, 0.29) is 5.78 Å². The van der Waals surface area contributed by atoms with Crippen LogP contribution in [0.2, 0.25) is 0 Å². The van der Waals surface area contributed by atoms with Gasteiger partial charge in [-0.2, -0.15) is 0 Å². The van der Waals surface area contributed by atoms with Crippen LogP contribution in [-0.4, -0.2) is 24.8 Å². The Hall–Kier alpha value is -3.14. The fourth-order valence-corrected chi connectivity index (χ4v) is 2.50. The van der Waals surface area contributed by atoms with Gasteiger partial charge in [0.05, 0.1) is 0 Å². The summed E-state index contributed by atoms with van der Waals surface area (Å²) in [6, 6.07) is 14.5. The van der Waals surface area contributed by atoms with Crippen molar-refractivity contribution in [2.75, 3.05) is 18.0 Å². The number of ether oxygens (including phenoxy) is 1. The standard InChI is InChI=1S/C22H23NO3/c1-4-22(25)26-20-14-10-18(11-15-20)21(24)16-9-17-7-12-19(13-8-17)23(5-2)6-3/h4,7-16H,1,5-6H2,2-3H3. The quantitative estimate of drug-likeness (QED) is 0.304. The maximum absolute atomic E-state index is 12.3. The predicted octanol–water partition coefficient (Wildman–Crippen LogP) is 4.52. The third kappa shape index (κ3) is 5.18. The van der Waals surface area contributed by atoms with E-state index < -0.39 is 5.97 Å². The highest BCUT2D eigenvalue weighted by atomic mass is 16.5. The van der Waals surface area contributed by atoms with Crippen LogP contribution in [0.15, 0.2) is 67.3 Å². The number of anilines is 1. The molecule has 0 N–H and O–H groups in total. The van der Waals surface area contributed by atoms with Crippen molar-refractivity contribution in [3.8, 4) is 5.75 Å². The Morgan fingerprint density at radius 2 is 1.62 bits per heavy atom. The van der Waals surface area contributed by atoms with Crippen molar-refractivity contribution in [3.05, 3.63) is 78.4 Å². The first-order valence-electron chi connectivity index (χ1n) is 8.59. The molecule has 0 amide bonds. The number of hydrogen-bond acceptors (Lipinski definition) is 4. The number of ketones is 1. The Kier molecular flexibility index (Phi) is 6.92. The molecule has 0 radical (unpaired) electrons. The summed E-state index contributed by atoms with van der Waals surface area (Å²) in [5.41, 5.74) is 2.66. The summed E-state index contributed by atoms with van der Waals surface area (Å²) in [5, 5.41) is 0. The molecular weight excluding hydrogens is 326 g/mol. The van der Waals surface area contributed by atoms with Crippen LogP contribution >= 0.6 is 0 Å². The minimum atomic E-state index is -0.530. The second-order valence-corrected chi connectivity index (χ2v) is 5.61. The molecule has 2 aromatic carbocycles. The zero-order valence-electron chi connectivity index (χ0n) is 15.1. The van der Waals surface area contributed by atoms with E-state index in [0.29, 0.717) is 11.3 Å². The summed E-state index contributed by atoms with van der Waals surface area (Å²) < 4.78 is 4.99. The number of carbonyl (C=O) groups excluding carboxylic acids is 2. The molecular formula is C22H23NO3. The van der Waals surface area contributed by atoms with Crippen molar-refractivity contribution in [1.82, 2.24) is 0 Å². The van der Waals surface area contributed by atoms with Crippen molar-refractivity contribution in [3.63, 3.8) is 0 Å². The van der Waals surface area contributed by atoms with E-state index in [1.165, 1.54) is 11.8 Å². The van der Waals surface area contributed by atoms with Crippen LogP contribution in [0.4, 0.5) is 5.69 Å². The zero-order valence-corrected chi connectivity index (χ0v) is 15.1. The average molecular weight is 349 g/mol. The van der Waals surface area contributed by atoms with Gasteiger partial charge in [0, 0.05) is 30.4 Å². The SMILES string of the molecule is C=CC(=O)Oc1ccc(C(=O)C=Cc2ccc(N(CC)CC)cc2)cc1. The number of benzene rings is 2. The van der Waals surface area contributed by atoms with E-state index in [4.69, 9.17) is 4.74 Å². The minimum Gasteiger partial charge on any atom is -0.423 e. The lowest BCUT2D eigenvalue weighted by molar-refractivity contribution is -0.128. The third-order valence-electron chi connectivity index (χ3n) is 3.97. The molecule has 2 aromatic rings. The van der Waals surface area contributed by atoms with Gasteiger partial charge in [-0.15, -0.1) is 0 Å². The van der Waals surface area contributed by atoms with Gasteiger partial charge in [-0.3, -0.25) is 4.79 Å². The Balaban J connectivity index is 2.02. The van der Waals surface area contributed by atoms with Crippen LogP contribution < -0.4 is 9.64 Å². The van der Waals surface area contributed by atoms with Crippen molar-refractivity contribution in [1.29, 1.82) is 0 Å². The van der Waals surface area contributed by atoms with Crippen LogP contribution in [0.25, 0.3) is 6.08 Å². The lowest BCUT2D eigenvalue weighted by atomic mass is 10.1. The highest BCUT2D eigenvalue weighted by Gasteiger charge is 2.05. The van der Waals surface area contributed by atoms with Gasteiger partial charge in [-0.05, 0) is 61.9 Å². The van der Waals surface area contributed by atoms with Gasteiger partial charge in [-0.25, -0.2) is 4.79 Å². The van der Waals surface area contributed by atoms with Crippen LogP contribution in [0.1, 0.15) is 29.8 Å². The molecule has 26 heavy (non-hydrogen) atoms. The maximum atomic E-state index is 12.3. The van der Waals surface area contributed by atoms with Gasteiger partial charge in [-0.1, -0.05) is 24.8 Å². The highest BCUT2D eigenvalue weighted by Crippen LogP contribution is 2.17. The number of rotatable bonds is 8. The second kappa shape index (κ2) is 9.37. The second-order valence-electron chi connectivity index (χ2n) is 5.61. The molecule has 0 aromatic heterocycles. The number of hydrogen-bond donors (Lipinski definition) is 0. The smallest absolute Gasteiger partial charge is 0.335 e. The number of carbonyl (C=O) groups is 2. The zero-order chi connectivity index (χ0) is 18.9. The maximum Gasteiger partial charge on any atom is 0.335 e. The van der Waals surface area contributed by atoms with E-state index in [1.54, 1.807) is 30.3 Å². The first-order chi connectivity index (χ1) is 12.6. The molecule has 0 spiro atoms. The third-order valence-corrected chi connectivity index (χ3v) is 3.97. The van der Waals surface area contributed by atoms with Crippen LogP contribution in [0.5, 0.6) is 5.75 Å². The summed E-state index contributed by atoms with van der Waals surface area (Å²) in [6.07, 6.45) is 4.42. The van der Waals surface area contributed by atoms with Gasteiger partial charge in [0.1, 0.15) is 5.75 Å². The first-order valence-corrected chi connectivity index (χ1v) is 8.59. The van der Waals surface area contributed by atoms with Gasteiger partial charge in [0.25, 0.3) is 0 Å². The van der Waals surface area contributed by atoms with E-state index >= 15 is 0 Å². The van der Waals surface area contributed by atoms with E-state index in [1.807, 2.05) is 12.1 Å². The fraction of sp³-hybridized carbons (Fsp3) is 0.182. The number of esters is 1. The lowest BCUT2D eigenvalue weighted by Crippen LogP contribution is -2.21. The molecule has 2 rings (SSSR count). The minimum absolute atomic E-state index is 0.112. The number of allylic oxidation sites excluding steroid dienone is 1. The van der Waals surface area contributed by atoms with Crippen LogP contribution in [-0.2, 0) is 4.79 Å². The molecule has 4 heteroatoms. The first kappa shape index (κ1) is 19.2. The summed E-state index contributed by atoms with van der Waals surface area (Å²) in [6.45, 7) is 9.51. The largest absolute Gasteiger partial charge is 0.423 e. The molecule has 134 valence electrons. The molecule has 0 unspecified atom stereocenters. The van der Waals surface area contributed by atoms with E-state index in [2.05, 4.69) is 37.5 Å². The molecule has 0 fully saturated rings. The monoisotopic (exact) mass is 349 g/mol. The topological polar surface area (TPSA) is 46.6 Å². The average Bonchev–Trinajstić information content (AvgIpc) is 2.68. The Morgan fingerprint density at radius 1 is 1.00 bits per heavy atom. The summed E-state index contributed by atoms with van der Waals surface area (Å²) in [5.74, 6) is -0.265. The van der Waals surface area contributed by atoms with Crippen molar-refractivity contribution >= 4 is 23.5 Å². The Labute approximate surface area is 154 Å². The molecule has 0 heterocycles.